The summed E-state index contributed by atoms with van der Waals surface area (Å²) in [6, 6.07) is 0. The number of hydrogen-bond donors (Lipinski definition) is 1. The van der Waals surface area contributed by atoms with E-state index in [1.54, 1.807) is 0 Å². The predicted octanol–water partition coefficient (Wildman–Crippen LogP) is 3.73. The maximum atomic E-state index is 8.07. The molecule has 0 radical (unpaired) electrons. The molecule has 1 heteroatoms. The van der Waals surface area contributed by atoms with Crippen molar-refractivity contribution in [2.75, 3.05) is 0 Å². The van der Waals surface area contributed by atoms with E-state index in [4.69, 9.17) is 5.41 Å². The zero-order chi connectivity index (χ0) is 10.2. The number of hydrogen-bond acceptors (Lipinski definition) is 1. The van der Waals surface area contributed by atoms with E-state index in [0.29, 0.717) is 5.92 Å². The summed E-state index contributed by atoms with van der Waals surface area (Å²) in [4.78, 5) is 0. The van der Waals surface area contributed by atoms with Crippen LogP contribution in [0.25, 0.3) is 0 Å². The first kappa shape index (κ1) is 11.7. The third-order valence-corrected chi connectivity index (χ3v) is 2.84. The zero-order valence-electron chi connectivity index (χ0n) is 9.58. The van der Waals surface area contributed by atoms with Crippen molar-refractivity contribution in [3.8, 4) is 0 Å². The second-order valence-corrected chi connectivity index (χ2v) is 5.50. The fourth-order valence-electron chi connectivity index (χ4n) is 1.26. The molecular formula is C11H23N. The van der Waals surface area contributed by atoms with Gasteiger partial charge in [-0.3, -0.25) is 0 Å². The van der Waals surface area contributed by atoms with Gasteiger partial charge in [0.2, 0.25) is 0 Å². The van der Waals surface area contributed by atoms with Gasteiger partial charge in [-0.2, -0.15) is 0 Å². The van der Waals surface area contributed by atoms with Crippen LogP contribution in [0, 0.1) is 22.2 Å². The van der Waals surface area contributed by atoms with Crippen LogP contribution in [0.1, 0.15) is 48.5 Å². The molecule has 72 valence electrons. The van der Waals surface area contributed by atoms with Crippen molar-refractivity contribution in [2.24, 2.45) is 16.7 Å². The van der Waals surface area contributed by atoms with Gasteiger partial charge in [-0.15, -0.1) is 0 Å². The molecule has 0 heterocycles. The highest BCUT2D eigenvalue weighted by Gasteiger charge is 2.34. The molecule has 0 aliphatic rings. The van der Waals surface area contributed by atoms with E-state index in [1.165, 1.54) is 0 Å². The van der Waals surface area contributed by atoms with Crippen LogP contribution in [-0.2, 0) is 0 Å². The average Bonchev–Trinajstić information content (AvgIpc) is 1.83. The maximum Gasteiger partial charge on any atom is 0.0201 e. The molecule has 0 fully saturated rings. The highest BCUT2D eigenvalue weighted by atomic mass is 14.5. The molecule has 0 unspecified atom stereocenters. The summed E-state index contributed by atoms with van der Waals surface area (Å²) in [5, 5.41) is 8.07. The molecule has 0 aromatic heterocycles. The molecule has 0 aliphatic heterocycles. The maximum absolute atomic E-state index is 8.07. The summed E-state index contributed by atoms with van der Waals surface area (Å²) in [7, 11) is 0. The van der Waals surface area contributed by atoms with Crippen molar-refractivity contribution in [2.45, 2.75) is 48.5 Å². The summed E-state index contributed by atoms with van der Waals surface area (Å²) < 4.78 is 0. The first-order chi connectivity index (χ1) is 5.10. The Bertz CT molecular complexity index is 170. The molecule has 1 N–H and O–H groups in total. The van der Waals surface area contributed by atoms with Crippen molar-refractivity contribution in [3.05, 3.63) is 0 Å². The summed E-state index contributed by atoms with van der Waals surface area (Å²) >= 11 is 0. The second-order valence-electron chi connectivity index (χ2n) is 5.50. The van der Waals surface area contributed by atoms with Crippen molar-refractivity contribution >= 4 is 5.71 Å². The highest BCUT2D eigenvalue weighted by Crippen LogP contribution is 2.35. The molecular weight excluding hydrogens is 146 g/mol. The summed E-state index contributed by atoms with van der Waals surface area (Å²) in [5.74, 6) is 0.532. The largest absolute Gasteiger partial charge is 0.309 e. The molecule has 0 rings (SSSR count). The Morgan fingerprint density at radius 3 is 1.42 bits per heavy atom. The topological polar surface area (TPSA) is 23.9 Å². The summed E-state index contributed by atoms with van der Waals surface area (Å²) in [6.45, 7) is 15.0. The van der Waals surface area contributed by atoms with Crippen LogP contribution in [0.4, 0.5) is 0 Å². The van der Waals surface area contributed by atoms with Gasteiger partial charge in [0.15, 0.2) is 0 Å². The fraction of sp³-hybridized carbons (Fsp3) is 0.909. The van der Waals surface area contributed by atoms with Crippen molar-refractivity contribution in [1.82, 2.24) is 0 Å². The van der Waals surface area contributed by atoms with E-state index >= 15 is 0 Å². The molecule has 0 bridgehead atoms. The van der Waals surface area contributed by atoms with Crippen LogP contribution in [-0.4, -0.2) is 5.71 Å². The third-order valence-electron chi connectivity index (χ3n) is 2.84. The van der Waals surface area contributed by atoms with Gasteiger partial charge in [0.05, 0.1) is 0 Å². The van der Waals surface area contributed by atoms with E-state index in [-0.39, 0.29) is 10.8 Å². The van der Waals surface area contributed by atoms with Crippen LogP contribution in [0.3, 0.4) is 0 Å². The van der Waals surface area contributed by atoms with E-state index < -0.39 is 0 Å². The van der Waals surface area contributed by atoms with Crippen LogP contribution in [0.2, 0.25) is 0 Å². The highest BCUT2D eigenvalue weighted by molar-refractivity contribution is 5.91. The van der Waals surface area contributed by atoms with Gasteiger partial charge in [-0.1, -0.05) is 48.5 Å². The van der Waals surface area contributed by atoms with Gasteiger partial charge in [-0.25, -0.2) is 0 Å². The Kier molecular flexibility index (Phi) is 3.11. The lowest BCUT2D eigenvalue weighted by Crippen LogP contribution is -2.37. The SMILES string of the molecule is CC(C)C(C)(C)C(=N)C(C)(C)C. The first-order valence-corrected chi connectivity index (χ1v) is 4.69. The number of rotatable bonds is 2. The molecule has 0 amide bonds. The summed E-state index contributed by atoms with van der Waals surface area (Å²) in [5.41, 5.74) is 0.886. The van der Waals surface area contributed by atoms with Crippen LogP contribution < -0.4 is 0 Å². The fourth-order valence-corrected chi connectivity index (χ4v) is 1.26. The van der Waals surface area contributed by atoms with E-state index in [2.05, 4.69) is 48.5 Å². The zero-order valence-corrected chi connectivity index (χ0v) is 9.58. The standard InChI is InChI=1S/C11H23N/c1-8(2)11(6,7)9(12)10(3,4)5/h8,12H,1-7H3. The minimum atomic E-state index is 0.00771. The Labute approximate surface area is 77.1 Å². The Morgan fingerprint density at radius 1 is 1.00 bits per heavy atom. The molecule has 0 saturated carbocycles. The average molecular weight is 169 g/mol. The van der Waals surface area contributed by atoms with Crippen LogP contribution in [0.15, 0.2) is 0 Å². The molecule has 0 saturated heterocycles. The quantitative estimate of drug-likeness (QED) is 0.609. The third kappa shape index (κ3) is 2.33. The van der Waals surface area contributed by atoms with Gasteiger partial charge >= 0.3 is 0 Å². The van der Waals surface area contributed by atoms with E-state index in [0.717, 1.165) is 5.71 Å². The molecule has 0 atom stereocenters. The Balaban J connectivity index is 4.70. The van der Waals surface area contributed by atoms with Crippen LogP contribution in [0.5, 0.6) is 0 Å². The van der Waals surface area contributed by atoms with Crippen LogP contribution >= 0.6 is 0 Å². The van der Waals surface area contributed by atoms with Crippen molar-refractivity contribution in [3.63, 3.8) is 0 Å². The van der Waals surface area contributed by atoms with Crippen molar-refractivity contribution < 1.29 is 0 Å². The Hall–Kier alpha value is -0.330. The Morgan fingerprint density at radius 2 is 1.33 bits per heavy atom. The van der Waals surface area contributed by atoms with Crippen molar-refractivity contribution in [1.29, 1.82) is 5.41 Å². The summed E-state index contributed by atoms with van der Waals surface area (Å²) in [6.07, 6.45) is 0. The lowest BCUT2D eigenvalue weighted by Gasteiger charge is -2.37. The van der Waals surface area contributed by atoms with Gasteiger partial charge in [0, 0.05) is 16.5 Å². The molecule has 0 aliphatic carbocycles. The minimum absolute atomic E-state index is 0.00771. The normalized spacial score (nSPS) is 13.7. The van der Waals surface area contributed by atoms with Gasteiger partial charge in [0.25, 0.3) is 0 Å². The number of nitrogens with one attached hydrogen (secondary N) is 1. The molecule has 12 heavy (non-hydrogen) atoms. The van der Waals surface area contributed by atoms with E-state index in [1.807, 2.05) is 0 Å². The van der Waals surface area contributed by atoms with Gasteiger partial charge < -0.3 is 5.41 Å². The molecule has 0 aromatic rings. The molecule has 0 spiro atoms. The lowest BCUT2D eigenvalue weighted by atomic mass is 9.68. The smallest absolute Gasteiger partial charge is 0.0201 e. The lowest BCUT2D eigenvalue weighted by molar-refractivity contribution is 0.330. The van der Waals surface area contributed by atoms with Gasteiger partial charge in [-0.05, 0) is 5.92 Å². The molecule has 1 nitrogen and oxygen atoms in total. The first-order valence-electron chi connectivity index (χ1n) is 4.69. The minimum Gasteiger partial charge on any atom is -0.309 e. The predicted molar refractivity (Wildman–Crippen MR) is 55.8 cm³/mol. The molecule has 0 aromatic carbocycles. The van der Waals surface area contributed by atoms with Gasteiger partial charge in [0.1, 0.15) is 0 Å². The van der Waals surface area contributed by atoms with E-state index in [9.17, 15) is 0 Å². The monoisotopic (exact) mass is 169 g/mol. The second kappa shape index (κ2) is 3.20.